The molecule has 0 unspecified atom stereocenters. The maximum atomic E-state index is 11.3. The van der Waals surface area contributed by atoms with E-state index in [4.69, 9.17) is 5.26 Å². The molecule has 0 fully saturated rings. The van der Waals surface area contributed by atoms with Crippen molar-refractivity contribution in [2.75, 3.05) is 5.32 Å². The molecule has 2 aromatic rings. The number of carbonyl (C=O) groups excluding carboxylic acids is 1. The molecule has 1 N–H and O–H groups in total. The van der Waals surface area contributed by atoms with Crippen LogP contribution in [0.2, 0.25) is 0 Å². The number of nitriles is 1. The highest BCUT2D eigenvalue weighted by Gasteiger charge is 2.15. The fourth-order valence-corrected chi connectivity index (χ4v) is 2.72. The summed E-state index contributed by atoms with van der Waals surface area (Å²) in [7, 11) is 0. The van der Waals surface area contributed by atoms with Crippen molar-refractivity contribution in [3.8, 4) is 16.6 Å². The Hall–Kier alpha value is -2.19. The average molecular weight is 255 g/mol. The normalized spacial score (nSPS) is 13.6. The van der Waals surface area contributed by atoms with E-state index in [2.05, 4.69) is 10.3 Å². The standard InChI is InChI=1S/C13H9N3OS/c14-6-10-7-18-13(15-10)9-1-3-11-8(5-9)2-4-12(17)16-11/h1,3,5,7H,2,4H2,(H,16,17). The topological polar surface area (TPSA) is 65.8 Å². The summed E-state index contributed by atoms with van der Waals surface area (Å²) in [6.07, 6.45) is 1.28. The van der Waals surface area contributed by atoms with Gasteiger partial charge in [-0.2, -0.15) is 5.26 Å². The second-order valence-corrected chi connectivity index (χ2v) is 4.93. The number of benzene rings is 1. The zero-order chi connectivity index (χ0) is 12.5. The second kappa shape index (κ2) is 4.24. The molecule has 0 atom stereocenters. The van der Waals surface area contributed by atoms with Crippen LogP contribution in [0.3, 0.4) is 0 Å². The number of fused-ring (bicyclic) bond motifs is 1. The van der Waals surface area contributed by atoms with Gasteiger partial charge < -0.3 is 5.32 Å². The molecule has 18 heavy (non-hydrogen) atoms. The molecule has 0 aliphatic carbocycles. The molecule has 1 aliphatic heterocycles. The molecule has 88 valence electrons. The molecular formula is C13H9N3OS. The van der Waals surface area contributed by atoms with E-state index < -0.39 is 0 Å². The van der Waals surface area contributed by atoms with Gasteiger partial charge >= 0.3 is 0 Å². The summed E-state index contributed by atoms with van der Waals surface area (Å²) in [5.41, 5.74) is 3.45. The van der Waals surface area contributed by atoms with E-state index in [9.17, 15) is 4.79 Å². The SMILES string of the molecule is N#Cc1csc(-c2ccc3c(c2)CCC(=O)N3)n1. The van der Waals surface area contributed by atoms with Crippen molar-refractivity contribution in [2.24, 2.45) is 0 Å². The zero-order valence-electron chi connectivity index (χ0n) is 9.43. The number of rotatable bonds is 1. The predicted molar refractivity (Wildman–Crippen MR) is 69.2 cm³/mol. The lowest BCUT2D eigenvalue weighted by Crippen LogP contribution is -2.18. The third kappa shape index (κ3) is 1.87. The molecule has 1 aromatic heterocycles. The van der Waals surface area contributed by atoms with Crippen LogP contribution in [0.15, 0.2) is 23.6 Å². The lowest BCUT2D eigenvalue weighted by Gasteiger charge is -2.16. The van der Waals surface area contributed by atoms with Crippen molar-refractivity contribution >= 4 is 22.9 Å². The second-order valence-electron chi connectivity index (χ2n) is 4.07. The molecule has 1 amide bonds. The number of aryl methyl sites for hydroxylation is 1. The Morgan fingerprint density at radius 1 is 1.39 bits per heavy atom. The van der Waals surface area contributed by atoms with Gasteiger partial charge in [-0.05, 0) is 30.2 Å². The van der Waals surface area contributed by atoms with Crippen LogP contribution < -0.4 is 5.32 Å². The monoisotopic (exact) mass is 255 g/mol. The first-order valence-corrected chi connectivity index (χ1v) is 6.43. The number of aromatic nitrogens is 1. The van der Waals surface area contributed by atoms with Crippen LogP contribution in [0.1, 0.15) is 17.7 Å². The molecule has 1 aliphatic rings. The van der Waals surface area contributed by atoms with Crippen molar-refractivity contribution in [1.29, 1.82) is 5.26 Å². The minimum absolute atomic E-state index is 0.0660. The number of nitrogens with zero attached hydrogens (tertiary/aromatic N) is 2. The largest absolute Gasteiger partial charge is 0.326 e. The van der Waals surface area contributed by atoms with Crippen LogP contribution >= 0.6 is 11.3 Å². The van der Waals surface area contributed by atoms with Gasteiger partial charge in [0.1, 0.15) is 11.1 Å². The van der Waals surface area contributed by atoms with Crippen LogP contribution in [0, 0.1) is 11.3 Å². The quantitative estimate of drug-likeness (QED) is 0.851. The van der Waals surface area contributed by atoms with Gasteiger partial charge in [0.2, 0.25) is 5.91 Å². The van der Waals surface area contributed by atoms with E-state index >= 15 is 0 Å². The van der Waals surface area contributed by atoms with E-state index in [1.54, 1.807) is 5.38 Å². The van der Waals surface area contributed by atoms with Gasteiger partial charge in [-0.25, -0.2) is 4.98 Å². The maximum absolute atomic E-state index is 11.3. The maximum Gasteiger partial charge on any atom is 0.224 e. The molecule has 5 heteroatoms. The Morgan fingerprint density at radius 3 is 3.06 bits per heavy atom. The molecule has 0 spiro atoms. The van der Waals surface area contributed by atoms with E-state index in [0.717, 1.165) is 28.2 Å². The van der Waals surface area contributed by atoms with Gasteiger partial charge in [-0.3, -0.25) is 4.79 Å². The summed E-state index contributed by atoms with van der Waals surface area (Å²) in [6.45, 7) is 0. The van der Waals surface area contributed by atoms with Gasteiger partial charge in [-0.1, -0.05) is 0 Å². The number of anilines is 1. The molecule has 0 radical (unpaired) electrons. The van der Waals surface area contributed by atoms with Crippen molar-refractivity contribution in [2.45, 2.75) is 12.8 Å². The van der Waals surface area contributed by atoms with Crippen molar-refractivity contribution < 1.29 is 4.79 Å². The van der Waals surface area contributed by atoms with Crippen LogP contribution in [0.4, 0.5) is 5.69 Å². The van der Waals surface area contributed by atoms with Gasteiger partial charge in [0.25, 0.3) is 0 Å². The van der Waals surface area contributed by atoms with Crippen LogP contribution in [0.25, 0.3) is 10.6 Å². The molecule has 2 heterocycles. The summed E-state index contributed by atoms with van der Waals surface area (Å²) >= 11 is 1.46. The smallest absolute Gasteiger partial charge is 0.224 e. The first-order valence-electron chi connectivity index (χ1n) is 5.55. The summed E-state index contributed by atoms with van der Waals surface area (Å²) in [6, 6.07) is 7.88. The van der Waals surface area contributed by atoms with Crippen LogP contribution in [-0.4, -0.2) is 10.9 Å². The fraction of sp³-hybridized carbons (Fsp3) is 0.154. The number of carbonyl (C=O) groups is 1. The minimum Gasteiger partial charge on any atom is -0.326 e. The predicted octanol–water partition coefficient (Wildman–Crippen LogP) is 2.57. The Morgan fingerprint density at radius 2 is 2.28 bits per heavy atom. The number of amides is 1. The third-order valence-corrected chi connectivity index (χ3v) is 3.76. The molecule has 1 aromatic carbocycles. The number of hydrogen-bond acceptors (Lipinski definition) is 4. The van der Waals surface area contributed by atoms with E-state index in [0.29, 0.717) is 12.1 Å². The molecule has 0 saturated heterocycles. The van der Waals surface area contributed by atoms with E-state index in [-0.39, 0.29) is 5.91 Å². The molecule has 0 bridgehead atoms. The lowest BCUT2D eigenvalue weighted by atomic mass is 10.0. The number of thiazole rings is 1. The highest BCUT2D eigenvalue weighted by atomic mass is 32.1. The summed E-state index contributed by atoms with van der Waals surface area (Å²) < 4.78 is 0. The van der Waals surface area contributed by atoms with Crippen LogP contribution in [0.5, 0.6) is 0 Å². The Balaban J connectivity index is 2.00. The first kappa shape index (κ1) is 10.9. The Bertz CT molecular complexity index is 669. The summed E-state index contributed by atoms with van der Waals surface area (Å²) in [5, 5.41) is 14.2. The fourth-order valence-electron chi connectivity index (χ4n) is 1.97. The van der Waals surface area contributed by atoms with Gasteiger partial charge in [-0.15, -0.1) is 11.3 Å². The molecular weight excluding hydrogens is 246 g/mol. The third-order valence-electron chi connectivity index (χ3n) is 2.87. The highest BCUT2D eigenvalue weighted by molar-refractivity contribution is 7.13. The molecule has 0 saturated carbocycles. The van der Waals surface area contributed by atoms with Crippen molar-refractivity contribution in [3.63, 3.8) is 0 Å². The Kier molecular flexibility index (Phi) is 2.58. The first-order chi connectivity index (χ1) is 8.76. The average Bonchev–Trinajstić information content (AvgIpc) is 2.87. The van der Waals surface area contributed by atoms with Gasteiger partial charge in [0.05, 0.1) is 0 Å². The van der Waals surface area contributed by atoms with Gasteiger partial charge in [0.15, 0.2) is 5.69 Å². The molecule has 3 rings (SSSR count). The van der Waals surface area contributed by atoms with Crippen LogP contribution in [-0.2, 0) is 11.2 Å². The minimum atomic E-state index is 0.0660. The van der Waals surface area contributed by atoms with Crippen molar-refractivity contribution in [3.05, 3.63) is 34.8 Å². The highest BCUT2D eigenvalue weighted by Crippen LogP contribution is 2.30. The summed E-state index contributed by atoms with van der Waals surface area (Å²) in [5.74, 6) is 0.0660. The van der Waals surface area contributed by atoms with E-state index in [1.807, 2.05) is 24.3 Å². The van der Waals surface area contributed by atoms with E-state index in [1.165, 1.54) is 11.3 Å². The Labute approximate surface area is 108 Å². The van der Waals surface area contributed by atoms with Crippen molar-refractivity contribution in [1.82, 2.24) is 4.98 Å². The molecule has 4 nitrogen and oxygen atoms in total. The number of nitrogens with one attached hydrogen (secondary N) is 1. The summed E-state index contributed by atoms with van der Waals surface area (Å²) in [4.78, 5) is 15.5. The van der Waals surface area contributed by atoms with Gasteiger partial charge in [0, 0.05) is 23.1 Å². The number of hydrogen-bond donors (Lipinski definition) is 1. The lowest BCUT2D eigenvalue weighted by molar-refractivity contribution is -0.116. The zero-order valence-corrected chi connectivity index (χ0v) is 10.3.